The van der Waals surface area contributed by atoms with Gasteiger partial charge in [0.1, 0.15) is 6.29 Å². The van der Waals surface area contributed by atoms with E-state index in [4.69, 9.17) is 0 Å². The second-order valence-corrected chi connectivity index (χ2v) is 5.57. The highest BCUT2D eigenvalue weighted by atomic mass is 16.1. The summed E-state index contributed by atoms with van der Waals surface area (Å²) in [6.45, 7) is 4.14. The van der Waals surface area contributed by atoms with Gasteiger partial charge in [0, 0.05) is 12.1 Å². The molecule has 120 valence electrons. The van der Waals surface area contributed by atoms with Crippen molar-refractivity contribution >= 4 is 6.29 Å². The van der Waals surface area contributed by atoms with Crippen LogP contribution in [-0.4, -0.2) is 12.8 Å². The zero-order chi connectivity index (χ0) is 15.9. The lowest BCUT2D eigenvalue weighted by molar-refractivity contribution is 0.112. The van der Waals surface area contributed by atoms with Crippen LogP contribution >= 0.6 is 0 Å². The number of hydrogen-bond acceptors (Lipinski definition) is 2. The molecule has 0 radical (unpaired) electrons. The van der Waals surface area contributed by atoms with Crippen LogP contribution in [0.2, 0.25) is 0 Å². The lowest BCUT2D eigenvalue weighted by Gasteiger charge is -2.04. The van der Waals surface area contributed by atoms with Gasteiger partial charge >= 0.3 is 0 Å². The van der Waals surface area contributed by atoms with E-state index >= 15 is 0 Å². The maximum Gasteiger partial charge on any atom is 0.150 e. The number of hydrogen-bond donors (Lipinski definition) is 1. The van der Waals surface area contributed by atoms with Gasteiger partial charge in [0.2, 0.25) is 0 Å². The zero-order valence-electron chi connectivity index (χ0n) is 13.8. The lowest BCUT2D eigenvalue weighted by Crippen LogP contribution is -2.14. The second-order valence-electron chi connectivity index (χ2n) is 5.57. The summed E-state index contributed by atoms with van der Waals surface area (Å²) in [5.41, 5.74) is 1.87. The van der Waals surface area contributed by atoms with Crippen LogP contribution in [0.5, 0.6) is 0 Å². The highest BCUT2D eigenvalue weighted by Gasteiger charge is 1.92. The Bertz CT molecular complexity index is 469. The van der Waals surface area contributed by atoms with Gasteiger partial charge in [0.25, 0.3) is 0 Å². The Morgan fingerprint density at radius 1 is 0.864 bits per heavy atom. The molecule has 1 aromatic carbocycles. The van der Waals surface area contributed by atoms with Crippen molar-refractivity contribution in [1.29, 1.82) is 0 Å². The van der Waals surface area contributed by atoms with Gasteiger partial charge in [-0.3, -0.25) is 4.79 Å². The summed E-state index contributed by atoms with van der Waals surface area (Å²) < 4.78 is 0. The van der Waals surface area contributed by atoms with Crippen molar-refractivity contribution in [2.24, 2.45) is 0 Å². The van der Waals surface area contributed by atoms with Gasteiger partial charge < -0.3 is 5.32 Å². The molecule has 2 nitrogen and oxygen atoms in total. The van der Waals surface area contributed by atoms with E-state index in [-0.39, 0.29) is 0 Å². The molecule has 0 fully saturated rings. The molecule has 0 aliphatic rings. The molecule has 0 aliphatic carbocycles. The van der Waals surface area contributed by atoms with Crippen molar-refractivity contribution < 1.29 is 4.79 Å². The number of carbonyl (C=O) groups excluding carboxylic acids is 1. The first kappa shape index (κ1) is 18.4. The number of unbranched alkanes of at least 4 members (excludes halogenated alkanes) is 5. The van der Waals surface area contributed by atoms with E-state index < -0.39 is 0 Å². The summed E-state index contributed by atoms with van der Waals surface area (Å²) in [5.74, 6) is 0. The molecule has 0 bridgehead atoms. The predicted molar refractivity (Wildman–Crippen MR) is 94.5 cm³/mol. The van der Waals surface area contributed by atoms with Crippen LogP contribution in [0.3, 0.4) is 0 Å². The first-order valence-electron chi connectivity index (χ1n) is 8.45. The van der Waals surface area contributed by atoms with E-state index in [9.17, 15) is 4.79 Å². The molecule has 2 heteroatoms. The van der Waals surface area contributed by atoms with Crippen molar-refractivity contribution in [1.82, 2.24) is 5.32 Å². The fraction of sp³-hybridized carbons (Fsp3) is 0.450. The molecule has 1 rings (SSSR count). The number of carbonyl (C=O) groups is 1. The van der Waals surface area contributed by atoms with E-state index in [0.717, 1.165) is 19.4 Å². The van der Waals surface area contributed by atoms with Crippen LogP contribution in [0.25, 0.3) is 0 Å². The number of aldehydes is 1. The van der Waals surface area contributed by atoms with Crippen LogP contribution in [-0.2, 0) is 6.54 Å². The van der Waals surface area contributed by atoms with Crippen molar-refractivity contribution in [2.75, 3.05) is 6.54 Å². The first-order valence-corrected chi connectivity index (χ1v) is 8.45. The molecule has 0 aliphatic heterocycles. The maximum absolute atomic E-state index is 10.9. The van der Waals surface area contributed by atoms with Gasteiger partial charge in [-0.05, 0) is 18.5 Å². The van der Waals surface area contributed by atoms with Crippen LogP contribution in [0.1, 0.15) is 61.4 Å². The maximum atomic E-state index is 10.9. The van der Waals surface area contributed by atoms with Gasteiger partial charge in [-0.15, -0.1) is 0 Å². The molecule has 0 aromatic heterocycles. The predicted octanol–water partition coefficient (Wildman–Crippen LogP) is 5.07. The molecule has 0 spiro atoms. The summed E-state index contributed by atoms with van der Waals surface area (Å²) in [4.78, 5) is 10.9. The Balaban J connectivity index is 2.40. The normalized spacial score (nSPS) is 10.0. The molecular weight excluding hydrogens is 270 g/mol. The van der Waals surface area contributed by atoms with Crippen molar-refractivity contribution in [3.63, 3.8) is 0 Å². The largest absolute Gasteiger partial charge is 0.313 e. The standard InChI is InChI=1S/C20H29NO/c1-2-3-4-5-8-11-16-21-17-19-12-9-6-7-10-13-20(18-22)15-14-19/h6-7,9-10,12-15,18,21H,2-5,8,11,16-17H2,1H3. The molecule has 0 heterocycles. The fourth-order valence-corrected chi connectivity index (χ4v) is 2.25. The average molecular weight is 299 g/mol. The highest BCUT2D eigenvalue weighted by molar-refractivity contribution is 5.74. The third-order valence-corrected chi connectivity index (χ3v) is 3.59. The summed E-state index contributed by atoms with van der Waals surface area (Å²) >= 11 is 0. The summed E-state index contributed by atoms with van der Waals surface area (Å²) in [6.07, 6.45) is 8.80. The van der Waals surface area contributed by atoms with Crippen molar-refractivity contribution in [2.45, 2.75) is 52.0 Å². The molecule has 0 amide bonds. The Hall–Kier alpha value is -1.67. The minimum atomic E-state index is 0.688. The van der Waals surface area contributed by atoms with Gasteiger partial charge in [-0.2, -0.15) is 0 Å². The lowest BCUT2D eigenvalue weighted by atomic mass is 10.1. The van der Waals surface area contributed by atoms with Crippen molar-refractivity contribution in [3.8, 4) is 0 Å². The third kappa shape index (κ3) is 9.30. The van der Waals surface area contributed by atoms with Gasteiger partial charge in [0.15, 0.2) is 0 Å². The van der Waals surface area contributed by atoms with Gasteiger partial charge in [-0.25, -0.2) is 0 Å². The molecule has 1 aromatic rings. The SMILES string of the molecule is CCCCCCCCNCc1ccccccc(C=O)cc1. The van der Waals surface area contributed by atoms with Gasteiger partial charge in [0.05, 0.1) is 0 Å². The molecule has 0 unspecified atom stereocenters. The van der Waals surface area contributed by atoms with Crippen LogP contribution in [0.4, 0.5) is 0 Å². The van der Waals surface area contributed by atoms with E-state index in [1.165, 1.54) is 44.1 Å². The summed E-state index contributed by atoms with van der Waals surface area (Å²) in [6, 6.07) is 15.6. The zero-order valence-corrected chi connectivity index (χ0v) is 13.8. The molecule has 1 N–H and O–H groups in total. The number of rotatable bonds is 10. The monoisotopic (exact) mass is 299 g/mol. The number of nitrogens with one attached hydrogen (secondary N) is 1. The van der Waals surface area contributed by atoms with Crippen LogP contribution in [0.15, 0.2) is 48.5 Å². The van der Waals surface area contributed by atoms with Crippen LogP contribution in [0, 0.1) is 0 Å². The molecular formula is C20H29NO. The quantitative estimate of drug-likeness (QED) is 0.482. The molecule has 0 saturated carbocycles. The summed E-state index contributed by atoms with van der Waals surface area (Å²) in [5, 5.41) is 3.48. The van der Waals surface area contributed by atoms with Gasteiger partial charge in [-0.1, -0.05) is 87.6 Å². The minimum Gasteiger partial charge on any atom is -0.313 e. The third-order valence-electron chi connectivity index (χ3n) is 3.59. The Kier molecular flexibility index (Phi) is 10.9. The summed E-state index contributed by atoms with van der Waals surface area (Å²) in [7, 11) is 0. The molecule has 0 saturated heterocycles. The first-order chi connectivity index (χ1) is 10.9. The van der Waals surface area contributed by atoms with E-state index in [0.29, 0.717) is 5.56 Å². The smallest absolute Gasteiger partial charge is 0.150 e. The Morgan fingerprint density at radius 3 is 2.36 bits per heavy atom. The second kappa shape index (κ2) is 13.0. The van der Waals surface area contributed by atoms with E-state index in [1.54, 1.807) is 0 Å². The highest BCUT2D eigenvalue weighted by Crippen LogP contribution is 2.04. The fourth-order valence-electron chi connectivity index (χ4n) is 2.25. The minimum absolute atomic E-state index is 0.688. The molecule has 0 atom stereocenters. The van der Waals surface area contributed by atoms with Crippen molar-refractivity contribution in [3.05, 3.63) is 59.7 Å². The Morgan fingerprint density at radius 2 is 1.59 bits per heavy atom. The average Bonchev–Trinajstić information content (AvgIpc) is 2.55. The van der Waals surface area contributed by atoms with E-state index in [2.05, 4.69) is 18.3 Å². The Labute approximate surface area is 135 Å². The topological polar surface area (TPSA) is 29.1 Å². The van der Waals surface area contributed by atoms with E-state index in [1.807, 2.05) is 42.5 Å². The molecule has 22 heavy (non-hydrogen) atoms. The van der Waals surface area contributed by atoms with Crippen LogP contribution < -0.4 is 5.32 Å².